The van der Waals surface area contributed by atoms with Crippen LogP contribution in [0.2, 0.25) is 0 Å². The molecule has 1 amide bonds. The Balaban J connectivity index is 2.75. The molecule has 8 nitrogen and oxygen atoms in total. The Morgan fingerprint density at radius 1 is 1.25 bits per heavy atom. The van der Waals surface area contributed by atoms with Crippen molar-refractivity contribution in [1.29, 1.82) is 0 Å². The molecule has 0 unspecified atom stereocenters. The summed E-state index contributed by atoms with van der Waals surface area (Å²) in [5.41, 5.74) is 4.90. The highest BCUT2D eigenvalue weighted by molar-refractivity contribution is 7.90. The van der Waals surface area contributed by atoms with E-state index in [4.69, 9.17) is 10.8 Å². The highest BCUT2D eigenvalue weighted by atomic mass is 32.2. The Labute approximate surface area is 140 Å². The summed E-state index contributed by atoms with van der Waals surface area (Å²) in [4.78, 5) is 23.0. The van der Waals surface area contributed by atoms with E-state index in [0.717, 1.165) is 6.26 Å². The molecule has 0 saturated heterocycles. The molecular formula is C15H22N2O6S. The number of hydrogen-bond acceptors (Lipinski definition) is 6. The summed E-state index contributed by atoms with van der Waals surface area (Å²) in [6.07, 6.45) is -0.392. The van der Waals surface area contributed by atoms with Crippen molar-refractivity contribution in [1.82, 2.24) is 5.32 Å². The molecule has 2 atom stereocenters. The Kier molecular flexibility index (Phi) is 6.09. The average molecular weight is 358 g/mol. The third-order valence-corrected chi connectivity index (χ3v) is 4.60. The van der Waals surface area contributed by atoms with E-state index in [1.807, 2.05) is 0 Å². The molecular weight excluding hydrogens is 336 g/mol. The molecule has 5 N–H and O–H groups in total. The number of benzene rings is 1. The summed E-state index contributed by atoms with van der Waals surface area (Å²) in [6, 6.07) is 4.94. The molecule has 134 valence electrons. The molecule has 1 aromatic carbocycles. The molecule has 0 spiro atoms. The van der Waals surface area contributed by atoms with E-state index in [1.165, 1.54) is 26.0 Å². The lowest BCUT2D eigenvalue weighted by Gasteiger charge is -2.25. The van der Waals surface area contributed by atoms with Crippen LogP contribution in [-0.2, 0) is 25.8 Å². The first-order chi connectivity index (χ1) is 10.8. The van der Waals surface area contributed by atoms with Crippen LogP contribution in [0.4, 0.5) is 0 Å². The van der Waals surface area contributed by atoms with Crippen molar-refractivity contribution in [3.63, 3.8) is 0 Å². The van der Waals surface area contributed by atoms with Gasteiger partial charge in [0.25, 0.3) is 5.91 Å². The zero-order valence-electron chi connectivity index (χ0n) is 13.7. The fraction of sp³-hybridized carbons (Fsp3) is 0.467. The number of aliphatic hydroxyl groups excluding tert-OH is 1. The highest BCUT2D eigenvalue weighted by Gasteiger charge is 2.33. The summed E-state index contributed by atoms with van der Waals surface area (Å²) in [5.74, 6) is -2.13. The minimum Gasteiger partial charge on any atom is -0.480 e. The van der Waals surface area contributed by atoms with Gasteiger partial charge in [-0.1, -0.05) is 12.1 Å². The zero-order valence-corrected chi connectivity index (χ0v) is 14.5. The van der Waals surface area contributed by atoms with Crippen LogP contribution in [0.1, 0.15) is 19.4 Å². The number of carbonyl (C=O) groups excluding carboxylic acids is 1. The minimum absolute atomic E-state index is 0.117. The van der Waals surface area contributed by atoms with Gasteiger partial charge in [-0.2, -0.15) is 0 Å². The van der Waals surface area contributed by atoms with Gasteiger partial charge in [0.15, 0.2) is 9.84 Å². The highest BCUT2D eigenvalue weighted by Crippen LogP contribution is 2.12. The molecule has 0 aliphatic heterocycles. The molecule has 0 radical (unpaired) electrons. The first-order valence-electron chi connectivity index (χ1n) is 7.12. The lowest BCUT2D eigenvalue weighted by Crippen LogP contribution is -2.56. The average Bonchev–Trinajstić information content (AvgIpc) is 2.45. The molecule has 9 heteroatoms. The number of rotatable bonds is 7. The van der Waals surface area contributed by atoms with Crippen molar-refractivity contribution in [2.45, 2.75) is 42.8 Å². The molecule has 1 rings (SSSR count). The van der Waals surface area contributed by atoms with Gasteiger partial charge in [-0.25, -0.2) is 13.2 Å². The number of nitrogens with two attached hydrogens (primary N) is 1. The summed E-state index contributed by atoms with van der Waals surface area (Å²) >= 11 is 0. The quantitative estimate of drug-likeness (QED) is 0.504. The fourth-order valence-corrected chi connectivity index (χ4v) is 2.52. The predicted molar refractivity (Wildman–Crippen MR) is 87.1 cm³/mol. The van der Waals surface area contributed by atoms with Gasteiger partial charge in [-0.15, -0.1) is 0 Å². The van der Waals surface area contributed by atoms with Crippen molar-refractivity contribution in [3.8, 4) is 0 Å². The number of nitrogens with one attached hydrogen (secondary N) is 1. The third kappa shape index (κ3) is 5.29. The maximum Gasteiger partial charge on any atom is 0.328 e. The number of hydrogen-bond donors (Lipinski definition) is 4. The first-order valence-corrected chi connectivity index (χ1v) is 9.02. The summed E-state index contributed by atoms with van der Waals surface area (Å²) in [5, 5.41) is 21.1. The molecule has 0 fully saturated rings. The SMILES string of the molecule is CC(C)(NC(=O)[C@@H](O)[C@H](N)Cc1ccc(S(C)(=O)=O)cc1)C(=O)O. The van der Waals surface area contributed by atoms with E-state index in [0.29, 0.717) is 5.56 Å². The largest absolute Gasteiger partial charge is 0.480 e. The lowest BCUT2D eigenvalue weighted by atomic mass is 10.00. The van der Waals surface area contributed by atoms with Crippen molar-refractivity contribution >= 4 is 21.7 Å². The normalized spacial score (nSPS) is 14.7. The van der Waals surface area contributed by atoms with Crippen LogP contribution < -0.4 is 11.1 Å². The van der Waals surface area contributed by atoms with Gasteiger partial charge in [-0.05, 0) is 38.0 Å². The van der Waals surface area contributed by atoms with E-state index in [2.05, 4.69) is 5.32 Å². The van der Waals surface area contributed by atoms with Gasteiger partial charge >= 0.3 is 5.97 Å². The van der Waals surface area contributed by atoms with Crippen molar-refractivity contribution in [2.24, 2.45) is 5.73 Å². The smallest absolute Gasteiger partial charge is 0.328 e. The van der Waals surface area contributed by atoms with Gasteiger partial charge in [0.2, 0.25) is 0 Å². The summed E-state index contributed by atoms with van der Waals surface area (Å²) in [7, 11) is -3.31. The second-order valence-corrected chi connectivity index (χ2v) is 8.16. The Hall–Kier alpha value is -1.97. The number of aliphatic carboxylic acids is 1. The van der Waals surface area contributed by atoms with E-state index in [1.54, 1.807) is 12.1 Å². The van der Waals surface area contributed by atoms with Gasteiger partial charge in [-0.3, -0.25) is 4.79 Å². The van der Waals surface area contributed by atoms with Gasteiger partial charge in [0, 0.05) is 12.3 Å². The second kappa shape index (κ2) is 7.29. The lowest BCUT2D eigenvalue weighted by molar-refractivity contribution is -0.147. The first kappa shape index (κ1) is 20.1. The van der Waals surface area contributed by atoms with Crippen LogP contribution in [0.3, 0.4) is 0 Å². The molecule has 0 saturated carbocycles. The van der Waals surface area contributed by atoms with Crippen LogP contribution >= 0.6 is 0 Å². The summed E-state index contributed by atoms with van der Waals surface area (Å²) < 4.78 is 22.8. The topological polar surface area (TPSA) is 147 Å². The van der Waals surface area contributed by atoms with E-state index < -0.39 is 39.4 Å². The zero-order chi connectivity index (χ0) is 18.7. The van der Waals surface area contributed by atoms with Crippen molar-refractivity contribution in [3.05, 3.63) is 29.8 Å². The number of aliphatic hydroxyl groups is 1. The van der Waals surface area contributed by atoms with Crippen LogP contribution in [0.5, 0.6) is 0 Å². The number of amides is 1. The molecule has 24 heavy (non-hydrogen) atoms. The minimum atomic E-state index is -3.31. The van der Waals surface area contributed by atoms with E-state index in [-0.39, 0.29) is 11.3 Å². The number of carboxylic acids is 1. The standard InChI is InChI=1S/C15H22N2O6S/c1-15(2,14(20)21)17-13(19)12(18)11(16)8-9-4-6-10(7-5-9)24(3,22)23/h4-7,11-12,18H,8,16H2,1-3H3,(H,17,19)(H,20,21)/t11-,12+/m1/s1. The maximum absolute atomic E-state index is 11.9. The predicted octanol–water partition coefficient (Wildman–Crippen LogP) is -0.700. The van der Waals surface area contributed by atoms with Crippen LogP contribution in [-0.4, -0.2) is 54.4 Å². The van der Waals surface area contributed by atoms with Crippen LogP contribution in [0.25, 0.3) is 0 Å². The molecule has 1 aromatic rings. The molecule has 0 aliphatic carbocycles. The van der Waals surface area contributed by atoms with E-state index in [9.17, 15) is 23.1 Å². The van der Waals surface area contributed by atoms with Gasteiger partial charge in [0.1, 0.15) is 11.6 Å². The molecule has 0 aromatic heterocycles. The van der Waals surface area contributed by atoms with Crippen LogP contribution in [0.15, 0.2) is 29.2 Å². The van der Waals surface area contributed by atoms with Gasteiger partial charge in [0.05, 0.1) is 4.90 Å². The molecule has 0 aliphatic rings. The van der Waals surface area contributed by atoms with Crippen molar-refractivity contribution in [2.75, 3.05) is 6.26 Å². The fourth-order valence-electron chi connectivity index (χ4n) is 1.89. The maximum atomic E-state index is 11.9. The number of carbonyl (C=O) groups is 2. The van der Waals surface area contributed by atoms with E-state index >= 15 is 0 Å². The van der Waals surface area contributed by atoms with Crippen molar-refractivity contribution < 1.29 is 28.2 Å². The second-order valence-electron chi connectivity index (χ2n) is 6.15. The van der Waals surface area contributed by atoms with Crippen LogP contribution in [0, 0.1) is 0 Å². The Morgan fingerprint density at radius 2 is 1.75 bits per heavy atom. The Morgan fingerprint density at radius 3 is 2.17 bits per heavy atom. The number of sulfone groups is 1. The monoisotopic (exact) mass is 358 g/mol. The summed E-state index contributed by atoms with van der Waals surface area (Å²) in [6.45, 7) is 2.57. The number of carboxylic acid groups (broad SMARTS) is 1. The molecule has 0 bridgehead atoms. The van der Waals surface area contributed by atoms with Gasteiger partial charge < -0.3 is 21.3 Å². The molecule has 0 heterocycles. The third-order valence-electron chi connectivity index (χ3n) is 3.47. The Bertz CT molecular complexity index is 712.